The molecule has 2 atom stereocenters. The molecular weight excluding hydrogens is 270 g/mol. The SMILES string of the molecule is NC1CCCCCC1S(=O)(=O)c1ccc2c(c1)CCC2. The lowest BCUT2D eigenvalue weighted by Gasteiger charge is -2.22. The molecule has 3 nitrogen and oxygen atoms in total. The van der Waals surface area contributed by atoms with Crippen molar-refractivity contribution in [3.05, 3.63) is 29.3 Å². The average molecular weight is 293 g/mol. The molecule has 1 saturated carbocycles. The Labute approximate surface area is 121 Å². The number of fused-ring (bicyclic) bond motifs is 1. The van der Waals surface area contributed by atoms with Crippen LogP contribution in [0.25, 0.3) is 0 Å². The third-order valence-electron chi connectivity index (χ3n) is 4.80. The summed E-state index contributed by atoms with van der Waals surface area (Å²) in [6, 6.07) is 5.47. The fourth-order valence-electron chi connectivity index (χ4n) is 3.59. The zero-order valence-corrected chi connectivity index (χ0v) is 12.7. The van der Waals surface area contributed by atoms with Crippen molar-refractivity contribution in [2.45, 2.75) is 67.6 Å². The molecular formula is C16H23NO2S. The van der Waals surface area contributed by atoms with E-state index in [1.54, 1.807) is 6.07 Å². The van der Waals surface area contributed by atoms with Crippen molar-refractivity contribution in [1.82, 2.24) is 0 Å². The number of hydrogen-bond acceptors (Lipinski definition) is 3. The summed E-state index contributed by atoms with van der Waals surface area (Å²) >= 11 is 0. The summed E-state index contributed by atoms with van der Waals surface area (Å²) in [7, 11) is -3.28. The van der Waals surface area contributed by atoms with Crippen LogP contribution in [-0.2, 0) is 22.7 Å². The van der Waals surface area contributed by atoms with E-state index in [0.29, 0.717) is 11.3 Å². The number of benzene rings is 1. The van der Waals surface area contributed by atoms with Gasteiger partial charge in [0.1, 0.15) is 0 Å². The Kier molecular flexibility index (Phi) is 3.87. The second kappa shape index (κ2) is 5.49. The molecule has 3 rings (SSSR count). The van der Waals surface area contributed by atoms with Gasteiger partial charge in [-0.1, -0.05) is 25.3 Å². The minimum absolute atomic E-state index is 0.212. The summed E-state index contributed by atoms with van der Waals surface area (Å²) in [4.78, 5) is 0.487. The summed E-state index contributed by atoms with van der Waals surface area (Å²) in [5, 5.41) is -0.399. The van der Waals surface area contributed by atoms with Crippen molar-refractivity contribution in [3.63, 3.8) is 0 Å². The maximum Gasteiger partial charge on any atom is 0.182 e. The largest absolute Gasteiger partial charge is 0.327 e. The van der Waals surface area contributed by atoms with Crippen LogP contribution in [0.4, 0.5) is 0 Å². The number of hydrogen-bond donors (Lipinski definition) is 1. The predicted molar refractivity (Wildman–Crippen MR) is 80.5 cm³/mol. The number of sulfone groups is 1. The van der Waals surface area contributed by atoms with Gasteiger partial charge >= 0.3 is 0 Å². The summed E-state index contributed by atoms with van der Waals surface area (Å²) in [6.45, 7) is 0. The number of rotatable bonds is 2. The highest BCUT2D eigenvalue weighted by molar-refractivity contribution is 7.92. The molecule has 0 aliphatic heterocycles. The van der Waals surface area contributed by atoms with E-state index in [2.05, 4.69) is 0 Å². The average Bonchev–Trinajstić information content (AvgIpc) is 2.78. The van der Waals surface area contributed by atoms with Crippen LogP contribution in [0.2, 0.25) is 0 Å². The highest BCUT2D eigenvalue weighted by Crippen LogP contribution is 2.30. The molecule has 1 aromatic rings. The molecule has 20 heavy (non-hydrogen) atoms. The molecule has 1 aromatic carbocycles. The van der Waals surface area contributed by atoms with Crippen molar-refractivity contribution in [2.24, 2.45) is 5.73 Å². The van der Waals surface area contributed by atoms with Crippen LogP contribution < -0.4 is 5.73 Å². The third kappa shape index (κ3) is 2.51. The Hall–Kier alpha value is -0.870. The van der Waals surface area contributed by atoms with Gasteiger partial charge in [0.05, 0.1) is 10.1 Å². The quantitative estimate of drug-likeness (QED) is 0.853. The topological polar surface area (TPSA) is 60.2 Å². The molecule has 4 heteroatoms. The van der Waals surface area contributed by atoms with Crippen molar-refractivity contribution in [2.75, 3.05) is 0 Å². The van der Waals surface area contributed by atoms with Crippen LogP contribution in [0.3, 0.4) is 0 Å². The molecule has 0 saturated heterocycles. The van der Waals surface area contributed by atoms with Crippen LogP contribution in [-0.4, -0.2) is 19.7 Å². The van der Waals surface area contributed by atoms with Crippen molar-refractivity contribution >= 4 is 9.84 Å². The van der Waals surface area contributed by atoms with Gasteiger partial charge in [0.15, 0.2) is 9.84 Å². The van der Waals surface area contributed by atoms with E-state index in [1.165, 1.54) is 11.1 Å². The van der Waals surface area contributed by atoms with Gasteiger partial charge in [-0.15, -0.1) is 0 Å². The van der Waals surface area contributed by atoms with E-state index < -0.39 is 15.1 Å². The van der Waals surface area contributed by atoms with Gasteiger partial charge in [0, 0.05) is 6.04 Å². The minimum Gasteiger partial charge on any atom is -0.327 e. The van der Waals surface area contributed by atoms with Crippen molar-refractivity contribution < 1.29 is 8.42 Å². The predicted octanol–water partition coefficient (Wildman–Crippen LogP) is 2.61. The molecule has 2 aliphatic rings. The van der Waals surface area contributed by atoms with Gasteiger partial charge in [-0.25, -0.2) is 8.42 Å². The molecule has 110 valence electrons. The maximum absolute atomic E-state index is 12.9. The van der Waals surface area contributed by atoms with Crippen LogP contribution in [0.5, 0.6) is 0 Å². The first kappa shape index (κ1) is 14.1. The lowest BCUT2D eigenvalue weighted by atomic mass is 10.1. The van der Waals surface area contributed by atoms with Crippen LogP contribution >= 0.6 is 0 Å². The Morgan fingerprint density at radius 2 is 1.70 bits per heavy atom. The lowest BCUT2D eigenvalue weighted by molar-refractivity contribution is 0.531. The van der Waals surface area contributed by atoms with Gasteiger partial charge < -0.3 is 5.73 Å². The van der Waals surface area contributed by atoms with Crippen LogP contribution in [0, 0.1) is 0 Å². The van der Waals surface area contributed by atoms with Crippen molar-refractivity contribution in [3.8, 4) is 0 Å². The Morgan fingerprint density at radius 1 is 0.950 bits per heavy atom. The standard InChI is InChI=1S/C16H23NO2S/c17-15-7-2-1-3-8-16(15)20(18,19)14-10-9-12-5-4-6-13(12)11-14/h9-11,15-16H,1-8,17H2. The number of aryl methyl sites for hydroxylation is 2. The van der Waals surface area contributed by atoms with E-state index in [4.69, 9.17) is 5.73 Å². The van der Waals surface area contributed by atoms with E-state index in [1.807, 2.05) is 12.1 Å². The fraction of sp³-hybridized carbons (Fsp3) is 0.625. The molecule has 0 aromatic heterocycles. The maximum atomic E-state index is 12.9. The number of nitrogens with two attached hydrogens (primary N) is 1. The monoisotopic (exact) mass is 293 g/mol. The molecule has 0 amide bonds. The molecule has 0 spiro atoms. The van der Waals surface area contributed by atoms with E-state index in [0.717, 1.165) is 44.9 Å². The Bertz CT molecular complexity index is 594. The highest BCUT2D eigenvalue weighted by atomic mass is 32.2. The lowest BCUT2D eigenvalue weighted by Crippen LogP contribution is -2.39. The second-order valence-electron chi connectivity index (χ2n) is 6.17. The highest BCUT2D eigenvalue weighted by Gasteiger charge is 2.34. The zero-order valence-electron chi connectivity index (χ0n) is 11.8. The second-order valence-corrected chi connectivity index (χ2v) is 8.34. The molecule has 0 heterocycles. The zero-order chi connectivity index (χ0) is 14.2. The molecule has 0 bridgehead atoms. The van der Waals surface area contributed by atoms with Crippen LogP contribution in [0.15, 0.2) is 23.1 Å². The van der Waals surface area contributed by atoms with Crippen molar-refractivity contribution in [1.29, 1.82) is 0 Å². The summed E-state index contributed by atoms with van der Waals surface area (Å²) in [6.07, 6.45) is 7.90. The van der Waals surface area contributed by atoms with Crippen LogP contribution in [0.1, 0.15) is 49.7 Å². The third-order valence-corrected chi connectivity index (χ3v) is 7.09. The minimum atomic E-state index is -3.28. The summed E-state index contributed by atoms with van der Waals surface area (Å²) in [5.41, 5.74) is 8.67. The smallest absolute Gasteiger partial charge is 0.182 e. The Morgan fingerprint density at radius 3 is 2.55 bits per heavy atom. The summed E-state index contributed by atoms with van der Waals surface area (Å²) < 4.78 is 25.7. The first-order valence-corrected chi connectivity index (χ1v) is 9.25. The van der Waals surface area contributed by atoms with Gasteiger partial charge in [0.2, 0.25) is 0 Å². The molecule has 1 fully saturated rings. The molecule has 0 radical (unpaired) electrons. The van der Waals surface area contributed by atoms with E-state index in [-0.39, 0.29) is 6.04 Å². The Balaban J connectivity index is 1.94. The van der Waals surface area contributed by atoms with Gasteiger partial charge in [-0.05, 0) is 55.4 Å². The first-order valence-electron chi connectivity index (χ1n) is 7.70. The molecule has 2 N–H and O–H groups in total. The normalized spacial score (nSPS) is 27.1. The first-order chi connectivity index (χ1) is 9.59. The van der Waals surface area contributed by atoms with E-state index >= 15 is 0 Å². The van der Waals surface area contributed by atoms with Gasteiger partial charge in [-0.2, -0.15) is 0 Å². The van der Waals surface area contributed by atoms with E-state index in [9.17, 15) is 8.42 Å². The van der Waals surface area contributed by atoms with Gasteiger partial charge in [-0.3, -0.25) is 0 Å². The molecule has 2 aliphatic carbocycles. The molecule has 2 unspecified atom stereocenters. The fourth-order valence-corrected chi connectivity index (χ4v) is 5.57. The van der Waals surface area contributed by atoms with Gasteiger partial charge in [0.25, 0.3) is 0 Å². The summed E-state index contributed by atoms with van der Waals surface area (Å²) in [5.74, 6) is 0.